The van der Waals surface area contributed by atoms with Crippen molar-refractivity contribution >= 4 is 17.1 Å². The van der Waals surface area contributed by atoms with Crippen LogP contribution >= 0.6 is 11.3 Å². The van der Waals surface area contributed by atoms with Crippen molar-refractivity contribution in [3.05, 3.63) is 51.2 Å². The van der Waals surface area contributed by atoms with Crippen molar-refractivity contribution in [3.8, 4) is 5.75 Å². The smallest absolute Gasteiger partial charge is 0.210 e. The van der Waals surface area contributed by atoms with Crippen molar-refractivity contribution in [2.45, 2.75) is 20.8 Å². The quantitative estimate of drug-likeness (QED) is 0.778. The lowest BCUT2D eigenvalue weighted by Gasteiger charge is -2.13. The van der Waals surface area contributed by atoms with Gasteiger partial charge in [0.05, 0.1) is 4.88 Å². The van der Waals surface area contributed by atoms with E-state index in [0.717, 1.165) is 21.8 Å². The first-order chi connectivity index (χ1) is 8.59. The van der Waals surface area contributed by atoms with Gasteiger partial charge in [-0.3, -0.25) is 4.79 Å². The molecule has 0 fully saturated rings. The number of hydrogen-bond donors (Lipinski definition) is 0. The zero-order chi connectivity index (χ0) is 13.1. The number of rotatable bonds is 4. The van der Waals surface area contributed by atoms with Crippen molar-refractivity contribution in [3.63, 3.8) is 0 Å². The zero-order valence-electron chi connectivity index (χ0n) is 10.8. The van der Waals surface area contributed by atoms with Crippen molar-refractivity contribution < 1.29 is 9.53 Å². The predicted molar refractivity (Wildman–Crippen MR) is 74.8 cm³/mol. The number of ketones is 1. The largest absolute Gasteiger partial charge is 0.485 e. The molecule has 2 nitrogen and oxygen atoms in total. The van der Waals surface area contributed by atoms with E-state index in [-0.39, 0.29) is 12.4 Å². The van der Waals surface area contributed by atoms with Crippen LogP contribution in [0, 0.1) is 20.8 Å². The van der Waals surface area contributed by atoms with Crippen LogP contribution in [0.25, 0.3) is 0 Å². The summed E-state index contributed by atoms with van der Waals surface area (Å²) in [5.41, 5.74) is 3.35. The molecule has 94 valence electrons. The summed E-state index contributed by atoms with van der Waals surface area (Å²) in [5.74, 6) is 0.866. The van der Waals surface area contributed by atoms with Crippen LogP contribution in [-0.2, 0) is 0 Å². The highest BCUT2D eigenvalue weighted by Crippen LogP contribution is 2.26. The molecule has 0 spiro atoms. The lowest BCUT2D eigenvalue weighted by atomic mass is 10.1. The Hall–Kier alpha value is -1.61. The Kier molecular flexibility index (Phi) is 3.82. The molecule has 1 aromatic heterocycles. The maximum atomic E-state index is 11.9. The summed E-state index contributed by atoms with van der Waals surface area (Å²) in [6.07, 6.45) is 0. The molecule has 1 heterocycles. The normalized spacial score (nSPS) is 10.4. The monoisotopic (exact) mass is 260 g/mol. The molecule has 2 rings (SSSR count). The van der Waals surface area contributed by atoms with E-state index in [9.17, 15) is 4.79 Å². The fraction of sp³-hybridized carbons (Fsp3) is 0.267. The number of carbonyl (C=O) groups is 1. The summed E-state index contributed by atoms with van der Waals surface area (Å²) >= 11 is 1.45. The van der Waals surface area contributed by atoms with E-state index in [2.05, 4.69) is 6.07 Å². The van der Waals surface area contributed by atoms with Crippen molar-refractivity contribution in [2.75, 3.05) is 6.61 Å². The van der Waals surface area contributed by atoms with Gasteiger partial charge in [-0.1, -0.05) is 18.2 Å². The van der Waals surface area contributed by atoms with Crippen LogP contribution in [0.2, 0.25) is 0 Å². The minimum atomic E-state index is 0.0327. The number of Topliss-reactive ketones (excluding diaryl/α,β-unsaturated/α-hetero) is 1. The summed E-state index contributed by atoms with van der Waals surface area (Å²) in [5, 5.41) is 1.90. The number of ether oxygens (including phenoxy) is 1. The second-order valence-electron chi connectivity index (χ2n) is 4.34. The maximum Gasteiger partial charge on any atom is 0.210 e. The molecule has 0 aliphatic heterocycles. The lowest BCUT2D eigenvalue weighted by molar-refractivity contribution is 0.0924. The molecule has 2 aromatic rings. The third-order valence-electron chi connectivity index (χ3n) is 3.02. The Morgan fingerprint density at radius 2 is 1.89 bits per heavy atom. The van der Waals surface area contributed by atoms with E-state index in [1.807, 2.05) is 44.4 Å². The van der Waals surface area contributed by atoms with Crippen LogP contribution in [0.3, 0.4) is 0 Å². The molecule has 0 saturated carbocycles. The fourth-order valence-corrected chi connectivity index (χ4v) is 2.44. The van der Waals surface area contributed by atoms with E-state index in [1.165, 1.54) is 16.9 Å². The summed E-state index contributed by atoms with van der Waals surface area (Å²) in [6.45, 7) is 6.17. The van der Waals surface area contributed by atoms with Gasteiger partial charge in [-0.25, -0.2) is 0 Å². The average molecular weight is 260 g/mol. The minimum absolute atomic E-state index is 0.0327. The van der Waals surface area contributed by atoms with E-state index >= 15 is 0 Å². The summed E-state index contributed by atoms with van der Waals surface area (Å²) in [7, 11) is 0. The third-order valence-corrected chi connectivity index (χ3v) is 3.93. The molecule has 18 heavy (non-hydrogen) atoms. The minimum Gasteiger partial charge on any atom is -0.485 e. The number of carbonyl (C=O) groups excluding carboxylic acids is 1. The van der Waals surface area contributed by atoms with Crippen LogP contribution in [0.5, 0.6) is 5.75 Å². The Labute approximate surface area is 111 Å². The highest BCUT2D eigenvalue weighted by Gasteiger charge is 2.11. The van der Waals surface area contributed by atoms with Crippen molar-refractivity contribution in [1.82, 2.24) is 0 Å². The van der Waals surface area contributed by atoms with E-state index in [1.54, 1.807) is 0 Å². The van der Waals surface area contributed by atoms with Gasteiger partial charge in [0.1, 0.15) is 5.75 Å². The number of hydrogen-bond acceptors (Lipinski definition) is 3. The number of thiophene rings is 1. The van der Waals surface area contributed by atoms with E-state index in [0.29, 0.717) is 0 Å². The standard InChI is InChI=1S/C15H16O2S/c1-10-6-7-11(2)15(12(10)3)17-9-13(16)14-5-4-8-18-14/h4-8H,9H2,1-3H3. The van der Waals surface area contributed by atoms with Gasteiger partial charge in [0.2, 0.25) is 5.78 Å². The molecule has 0 saturated heterocycles. The maximum absolute atomic E-state index is 11.9. The number of aryl methyl sites for hydroxylation is 2. The Balaban J connectivity index is 2.11. The second-order valence-corrected chi connectivity index (χ2v) is 5.29. The van der Waals surface area contributed by atoms with Gasteiger partial charge in [-0.2, -0.15) is 0 Å². The molecular weight excluding hydrogens is 244 g/mol. The highest BCUT2D eigenvalue weighted by atomic mass is 32.1. The fourth-order valence-electron chi connectivity index (χ4n) is 1.79. The van der Waals surface area contributed by atoms with Crippen molar-refractivity contribution in [1.29, 1.82) is 0 Å². The van der Waals surface area contributed by atoms with Crippen LogP contribution in [-0.4, -0.2) is 12.4 Å². The van der Waals surface area contributed by atoms with Gasteiger partial charge in [0, 0.05) is 0 Å². The van der Waals surface area contributed by atoms with Crippen LogP contribution in [0.4, 0.5) is 0 Å². The first-order valence-electron chi connectivity index (χ1n) is 5.86. The molecule has 0 bridgehead atoms. The Morgan fingerprint density at radius 3 is 2.56 bits per heavy atom. The van der Waals surface area contributed by atoms with Crippen molar-refractivity contribution in [2.24, 2.45) is 0 Å². The highest BCUT2D eigenvalue weighted by molar-refractivity contribution is 7.12. The predicted octanol–water partition coefficient (Wildman–Crippen LogP) is 3.94. The van der Waals surface area contributed by atoms with Gasteiger partial charge >= 0.3 is 0 Å². The Morgan fingerprint density at radius 1 is 1.17 bits per heavy atom. The van der Waals surface area contributed by atoms with E-state index < -0.39 is 0 Å². The van der Waals surface area contributed by atoms with Crippen LogP contribution < -0.4 is 4.74 Å². The molecule has 0 amide bonds. The molecule has 0 N–H and O–H groups in total. The van der Waals surface area contributed by atoms with Gasteiger partial charge in [0.15, 0.2) is 6.61 Å². The molecule has 1 aromatic carbocycles. The molecule has 0 aliphatic rings. The summed E-state index contributed by atoms with van der Waals surface area (Å²) in [6, 6.07) is 7.79. The Bertz CT molecular complexity index is 556. The number of benzene rings is 1. The second kappa shape index (κ2) is 5.36. The molecule has 0 aliphatic carbocycles. The first-order valence-corrected chi connectivity index (χ1v) is 6.74. The average Bonchev–Trinajstić information content (AvgIpc) is 2.87. The van der Waals surface area contributed by atoms with Crippen LogP contribution in [0.15, 0.2) is 29.6 Å². The third kappa shape index (κ3) is 2.62. The lowest BCUT2D eigenvalue weighted by Crippen LogP contribution is -2.11. The molecular formula is C15H16O2S. The molecule has 0 radical (unpaired) electrons. The van der Waals surface area contributed by atoms with Gasteiger partial charge in [-0.05, 0) is 48.9 Å². The first kappa shape index (κ1) is 12.8. The van der Waals surface area contributed by atoms with Gasteiger partial charge < -0.3 is 4.74 Å². The van der Waals surface area contributed by atoms with Crippen LogP contribution in [0.1, 0.15) is 26.4 Å². The summed E-state index contributed by atoms with van der Waals surface area (Å²) < 4.78 is 5.69. The van der Waals surface area contributed by atoms with Gasteiger partial charge in [-0.15, -0.1) is 11.3 Å². The van der Waals surface area contributed by atoms with Gasteiger partial charge in [0.25, 0.3) is 0 Å². The summed E-state index contributed by atoms with van der Waals surface area (Å²) in [4.78, 5) is 12.6. The molecule has 0 unspecified atom stereocenters. The van der Waals surface area contributed by atoms with E-state index in [4.69, 9.17) is 4.74 Å². The molecule has 3 heteroatoms. The topological polar surface area (TPSA) is 26.3 Å². The molecule has 0 atom stereocenters. The zero-order valence-corrected chi connectivity index (χ0v) is 11.6. The SMILES string of the molecule is Cc1ccc(C)c(OCC(=O)c2cccs2)c1C.